The maximum Gasteiger partial charge on any atom is 0.201 e. The lowest BCUT2D eigenvalue weighted by atomic mass is 9.58. The van der Waals surface area contributed by atoms with Crippen LogP contribution in [0, 0.1) is 17.8 Å². The molecule has 0 radical (unpaired) electrons. The van der Waals surface area contributed by atoms with Crippen molar-refractivity contribution >= 4 is 15.9 Å². The van der Waals surface area contributed by atoms with Gasteiger partial charge in [0.2, 0.25) is 5.79 Å². The summed E-state index contributed by atoms with van der Waals surface area (Å²) in [6, 6.07) is 0. The van der Waals surface area contributed by atoms with Crippen LogP contribution in [-0.4, -0.2) is 34.9 Å². The molecule has 4 saturated heterocycles. The molecule has 1 spiro atoms. The first kappa shape index (κ1) is 16.7. The highest BCUT2D eigenvalue weighted by molar-refractivity contribution is 9.10. The van der Waals surface area contributed by atoms with Crippen LogP contribution >= 0.6 is 15.9 Å². The molecule has 0 aromatic carbocycles. The van der Waals surface area contributed by atoms with Crippen molar-refractivity contribution in [1.29, 1.82) is 0 Å². The summed E-state index contributed by atoms with van der Waals surface area (Å²) in [6.07, 6.45) is 3.30. The monoisotopic (exact) mass is 390 g/mol. The number of ether oxygens (including phenoxy) is 3. The minimum absolute atomic E-state index is 0.217. The quantitative estimate of drug-likeness (QED) is 0.530. The fourth-order valence-corrected chi connectivity index (χ4v) is 6.03. The molecule has 0 aromatic heterocycles. The Bertz CT molecular complexity index is 486. The van der Waals surface area contributed by atoms with Crippen LogP contribution in [0.15, 0.2) is 0 Å². The van der Waals surface area contributed by atoms with E-state index in [0.29, 0.717) is 18.4 Å². The topological polar surface area (TPSA) is 46.2 Å². The van der Waals surface area contributed by atoms with Gasteiger partial charge >= 0.3 is 0 Å². The molecule has 0 amide bonds. The van der Waals surface area contributed by atoms with Crippen molar-refractivity contribution in [2.45, 2.75) is 81.7 Å². The van der Waals surface area contributed by atoms with Crippen molar-refractivity contribution < 1.29 is 24.0 Å². The number of hydrogen-bond donors (Lipinski definition) is 0. The molecule has 4 heterocycles. The van der Waals surface area contributed by atoms with Gasteiger partial charge in [0.1, 0.15) is 0 Å². The van der Waals surface area contributed by atoms with Crippen LogP contribution in [0.3, 0.4) is 0 Å². The highest BCUT2D eigenvalue weighted by Gasteiger charge is 2.72. The number of fused-ring (bicyclic) bond motifs is 2. The zero-order chi connectivity index (χ0) is 16.5. The summed E-state index contributed by atoms with van der Waals surface area (Å²) in [4.78, 5) is 11.9. The lowest BCUT2D eigenvalue weighted by Gasteiger charge is -2.62. The molecular formula is C17H27BrO5. The normalized spacial score (nSPS) is 58.6. The number of halogens is 1. The molecule has 5 aliphatic rings. The third-order valence-electron chi connectivity index (χ3n) is 6.43. The number of hydrogen-bond acceptors (Lipinski definition) is 5. The fourth-order valence-electron chi connectivity index (χ4n) is 5.21. The molecule has 6 heteroatoms. The maximum atomic E-state index is 6.30. The van der Waals surface area contributed by atoms with E-state index in [1.165, 1.54) is 6.42 Å². The molecule has 1 aliphatic carbocycles. The Hall–Kier alpha value is 0.280. The predicted octanol–water partition coefficient (Wildman–Crippen LogP) is 3.75. The van der Waals surface area contributed by atoms with Crippen molar-refractivity contribution in [2.24, 2.45) is 17.8 Å². The first-order chi connectivity index (χ1) is 10.8. The molecule has 1 unspecified atom stereocenters. The summed E-state index contributed by atoms with van der Waals surface area (Å²) in [7, 11) is 0. The third kappa shape index (κ3) is 2.22. The van der Waals surface area contributed by atoms with E-state index in [1.807, 2.05) is 13.8 Å². The summed E-state index contributed by atoms with van der Waals surface area (Å²) in [5.74, 6) is 0.426. The molecule has 0 aromatic rings. The standard InChI is InChI=1S/C17H27BrO5/c1-5-19-13-16(4,18)12-7-6-10(2)11-8-9-15(3)21-14(20-13)17(11,12)23-22-15/h10-14H,5-9H2,1-4H3/t10-,11+,12+,13+,14-,15-,16?,17-/m1/s1. The highest BCUT2D eigenvalue weighted by atomic mass is 79.9. The summed E-state index contributed by atoms with van der Waals surface area (Å²) in [5, 5.41) is 0. The molecular weight excluding hydrogens is 364 g/mol. The molecule has 5 fully saturated rings. The average Bonchev–Trinajstić information content (AvgIpc) is 2.71. The summed E-state index contributed by atoms with van der Waals surface area (Å²) in [5.41, 5.74) is -0.556. The molecule has 5 nitrogen and oxygen atoms in total. The van der Waals surface area contributed by atoms with Crippen molar-refractivity contribution in [3.05, 3.63) is 0 Å². The van der Waals surface area contributed by atoms with Gasteiger partial charge in [-0.1, -0.05) is 22.9 Å². The third-order valence-corrected chi connectivity index (χ3v) is 7.35. The van der Waals surface area contributed by atoms with Crippen molar-refractivity contribution in [1.82, 2.24) is 0 Å². The van der Waals surface area contributed by atoms with Crippen molar-refractivity contribution in [3.8, 4) is 0 Å². The zero-order valence-electron chi connectivity index (χ0n) is 14.3. The van der Waals surface area contributed by atoms with E-state index in [1.54, 1.807) is 0 Å². The van der Waals surface area contributed by atoms with Crippen LogP contribution in [0.4, 0.5) is 0 Å². The second-order valence-electron chi connectivity index (χ2n) is 7.93. The Labute approximate surface area is 146 Å². The predicted molar refractivity (Wildman–Crippen MR) is 86.6 cm³/mol. The van der Waals surface area contributed by atoms with Gasteiger partial charge in [0.15, 0.2) is 18.2 Å². The van der Waals surface area contributed by atoms with E-state index < -0.39 is 17.7 Å². The van der Waals surface area contributed by atoms with Crippen LogP contribution < -0.4 is 0 Å². The second kappa shape index (κ2) is 5.39. The fraction of sp³-hybridized carbons (Fsp3) is 1.00. The van der Waals surface area contributed by atoms with E-state index in [9.17, 15) is 0 Å². The molecule has 23 heavy (non-hydrogen) atoms. The second-order valence-corrected chi connectivity index (χ2v) is 9.64. The lowest BCUT2D eigenvalue weighted by Crippen LogP contribution is -2.74. The van der Waals surface area contributed by atoms with Gasteiger partial charge in [-0.2, -0.15) is 0 Å². The molecule has 5 rings (SSSR count). The van der Waals surface area contributed by atoms with E-state index in [-0.39, 0.29) is 16.5 Å². The first-order valence-corrected chi connectivity index (χ1v) is 9.63. The Morgan fingerprint density at radius 1 is 1.17 bits per heavy atom. The molecule has 4 aliphatic heterocycles. The first-order valence-electron chi connectivity index (χ1n) is 8.84. The Kier molecular flexibility index (Phi) is 3.92. The minimum atomic E-state index is -0.728. The van der Waals surface area contributed by atoms with Crippen LogP contribution in [-0.2, 0) is 24.0 Å². The number of rotatable bonds is 2. The molecule has 1 saturated carbocycles. The van der Waals surface area contributed by atoms with Crippen molar-refractivity contribution in [3.63, 3.8) is 0 Å². The van der Waals surface area contributed by atoms with E-state index in [0.717, 1.165) is 19.3 Å². The van der Waals surface area contributed by atoms with Crippen molar-refractivity contribution in [2.75, 3.05) is 6.61 Å². The summed E-state index contributed by atoms with van der Waals surface area (Å²) in [6.45, 7) is 9.00. The van der Waals surface area contributed by atoms with Crippen LogP contribution in [0.5, 0.6) is 0 Å². The van der Waals surface area contributed by atoms with E-state index >= 15 is 0 Å². The van der Waals surface area contributed by atoms with E-state index in [2.05, 4.69) is 29.8 Å². The van der Waals surface area contributed by atoms with Crippen LogP contribution in [0.25, 0.3) is 0 Å². The lowest BCUT2D eigenvalue weighted by molar-refractivity contribution is -0.575. The zero-order valence-corrected chi connectivity index (χ0v) is 15.9. The Morgan fingerprint density at radius 2 is 1.96 bits per heavy atom. The molecule has 0 N–H and O–H groups in total. The molecule has 132 valence electrons. The van der Waals surface area contributed by atoms with Gasteiger partial charge < -0.3 is 14.2 Å². The van der Waals surface area contributed by atoms with Gasteiger partial charge in [0.05, 0.1) is 4.32 Å². The summed E-state index contributed by atoms with van der Waals surface area (Å²) >= 11 is 3.92. The van der Waals surface area contributed by atoms with Gasteiger partial charge in [0, 0.05) is 18.9 Å². The van der Waals surface area contributed by atoms with Crippen LogP contribution in [0.1, 0.15) is 53.4 Å². The highest BCUT2D eigenvalue weighted by Crippen LogP contribution is 2.63. The maximum absolute atomic E-state index is 6.30. The Balaban J connectivity index is 1.80. The average molecular weight is 391 g/mol. The van der Waals surface area contributed by atoms with Gasteiger partial charge in [-0.15, -0.1) is 0 Å². The van der Waals surface area contributed by atoms with Gasteiger partial charge in [-0.25, -0.2) is 9.78 Å². The molecule has 8 atom stereocenters. The van der Waals surface area contributed by atoms with Gasteiger partial charge in [-0.3, -0.25) is 0 Å². The van der Waals surface area contributed by atoms with E-state index in [4.69, 9.17) is 24.0 Å². The Morgan fingerprint density at radius 3 is 2.70 bits per heavy atom. The molecule has 2 bridgehead atoms. The largest absolute Gasteiger partial charge is 0.351 e. The smallest absolute Gasteiger partial charge is 0.201 e. The van der Waals surface area contributed by atoms with Gasteiger partial charge in [-0.05, 0) is 51.9 Å². The SMILES string of the molecule is CCO[C@H]1O[C@@H]2O[C@@]3(C)CC[C@H]4[C@H](C)CC[C@@H](C1(C)Br)[C@@]24OO3. The van der Waals surface area contributed by atoms with Gasteiger partial charge in [0.25, 0.3) is 0 Å². The minimum Gasteiger partial charge on any atom is -0.351 e. The number of alkyl halides is 1. The summed E-state index contributed by atoms with van der Waals surface area (Å²) < 4.78 is 18.1. The van der Waals surface area contributed by atoms with Crippen LogP contribution in [0.2, 0.25) is 0 Å².